The molecule has 2 N–H and O–H groups in total. The molecule has 84 valence electrons. The zero-order valence-corrected chi connectivity index (χ0v) is 10.9. The van der Waals surface area contributed by atoms with E-state index in [0.717, 1.165) is 4.47 Å². The van der Waals surface area contributed by atoms with Crippen LogP contribution in [0.3, 0.4) is 0 Å². The van der Waals surface area contributed by atoms with Crippen LogP contribution in [0, 0.1) is 0 Å². The predicted octanol–water partition coefficient (Wildman–Crippen LogP) is 1.96. The first kappa shape index (κ1) is 12.7. The van der Waals surface area contributed by atoms with Crippen molar-refractivity contribution >= 4 is 25.8 Å². The van der Waals surface area contributed by atoms with E-state index in [0.29, 0.717) is 11.3 Å². The molecule has 0 saturated heterocycles. The third-order valence-corrected chi connectivity index (χ3v) is 4.24. The maximum absolute atomic E-state index is 11.8. The van der Waals surface area contributed by atoms with Crippen LogP contribution in [-0.2, 0) is 9.84 Å². The molecule has 0 spiro atoms. The highest BCUT2D eigenvalue weighted by Gasteiger charge is 2.14. The Morgan fingerprint density at radius 1 is 1.47 bits per heavy atom. The average molecular weight is 292 g/mol. The minimum absolute atomic E-state index is 0.0908. The van der Waals surface area contributed by atoms with Gasteiger partial charge < -0.3 is 5.73 Å². The van der Waals surface area contributed by atoms with E-state index < -0.39 is 9.84 Å². The van der Waals surface area contributed by atoms with Gasteiger partial charge in [0.1, 0.15) is 0 Å². The van der Waals surface area contributed by atoms with E-state index in [4.69, 9.17) is 5.73 Å². The minimum atomic E-state index is -3.19. The molecule has 1 unspecified atom stereocenters. The lowest BCUT2D eigenvalue weighted by Crippen LogP contribution is -2.20. The summed E-state index contributed by atoms with van der Waals surface area (Å²) in [6, 6.07) is 6.62. The van der Waals surface area contributed by atoms with Crippen molar-refractivity contribution in [1.82, 2.24) is 0 Å². The Labute approximate surface area is 98.7 Å². The monoisotopic (exact) mass is 291 g/mol. The van der Waals surface area contributed by atoms with E-state index in [1.54, 1.807) is 31.2 Å². The fourth-order valence-corrected chi connectivity index (χ4v) is 3.18. The summed E-state index contributed by atoms with van der Waals surface area (Å²) in [5.74, 6) is 0.0983. The summed E-state index contributed by atoms with van der Waals surface area (Å²) >= 11 is 3.25. The molecule has 15 heavy (non-hydrogen) atoms. The van der Waals surface area contributed by atoms with Crippen molar-refractivity contribution in [1.29, 1.82) is 0 Å². The molecule has 1 rings (SSSR count). The van der Waals surface area contributed by atoms with Gasteiger partial charge in [0.15, 0.2) is 9.84 Å². The Kier molecular flexibility index (Phi) is 4.31. The van der Waals surface area contributed by atoms with Crippen molar-refractivity contribution in [2.45, 2.75) is 24.3 Å². The van der Waals surface area contributed by atoms with Crippen LogP contribution in [0.15, 0.2) is 33.6 Å². The second-order valence-corrected chi connectivity index (χ2v) is 6.57. The van der Waals surface area contributed by atoms with E-state index in [-0.39, 0.29) is 11.8 Å². The van der Waals surface area contributed by atoms with Crippen molar-refractivity contribution in [2.75, 3.05) is 5.75 Å². The molecule has 0 bridgehead atoms. The molecule has 0 aliphatic rings. The van der Waals surface area contributed by atoms with Crippen LogP contribution >= 0.6 is 15.9 Å². The topological polar surface area (TPSA) is 60.2 Å². The smallest absolute Gasteiger partial charge is 0.178 e. The first-order chi connectivity index (χ1) is 6.92. The maximum atomic E-state index is 11.8. The third-order valence-electron chi connectivity index (χ3n) is 2.00. The molecule has 1 aromatic carbocycles. The molecule has 0 aliphatic heterocycles. The summed E-state index contributed by atoms with van der Waals surface area (Å²) in [5, 5.41) is 0. The van der Waals surface area contributed by atoms with Gasteiger partial charge >= 0.3 is 0 Å². The van der Waals surface area contributed by atoms with E-state index in [1.165, 1.54) is 0 Å². The molecular weight excluding hydrogens is 278 g/mol. The lowest BCUT2D eigenvalue weighted by molar-refractivity contribution is 0.587. The van der Waals surface area contributed by atoms with Gasteiger partial charge in [0.05, 0.1) is 10.6 Å². The number of halogens is 1. The van der Waals surface area contributed by atoms with E-state index in [2.05, 4.69) is 15.9 Å². The molecule has 0 fully saturated rings. The van der Waals surface area contributed by atoms with Gasteiger partial charge in [-0.2, -0.15) is 0 Å². The van der Waals surface area contributed by atoms with E-state index in [9.17, 15) is 8.42 Å². The van der Waals surface area contributed by atoms with Crippen LogP contribution in [0.2, 0.25) is 0 Å². The van der Waals surface area contributed by atoms with Gasteiger partial charge in [0.2, 0.25) is 0 Å². The van der Waals surface area contributed by atoms with Crippen molar-refractivity contribution < 1.29 is 8.42 Å². The first-order valence-corrected chi connectivity index (χ1v) is 7.10. The SMILES string of the molecule is CC(N)CCS(=O)(=O)c1cccc(Br)c1. The Morgan fingerprint density at radius 3 is 2.67 bits per heavy atom. The number of sulfone groups is 1. The predicted molar refractivity (Wildman–Crippen MR) is 64.5 cm³/mol. The molecule has 0 radical (unpaired) electrons. The van der Waals surface area contributed by atoms with Crippen molar-refractivity contribution in [2.24, 2.45) is 5.73 Å². The van der Waals surface area contributed by atoms with E-state index in [1.807, 2.05) is 0 Å². The molecule has 0 aliphatic carbocycles. The number of nitrogens with two attached hydrogens (primary N) is 1. The molecule has 0 heterocycles. The molecule has 5 heteroatoms. The molecular formula is C10H14BrNO2S. The van der Waals surface area contributed by atoms with Gasteiger partial charge in [-0.05, 0) is 31.5 Å². The van der Waals surface area contributed by atoms with Gasteiger partial charge in [-0.3, -0.25) is 0 Å². The molecule has 3 nitrogen and oxygen atoms in total. The first-order valence-electron chi connectivity index (χ1n) is 4.66. The van der Waals surface area contributed by atoms with Crippen LogP contribution in [0.1, 0.15) is 13.3 Å². The third kappa shape index (κ3) is 3.93. The Morgan fingerprint density at radius 2 is 2.13 bits per heavy atom. The highest BCUT2D eigenvalue weighted by molar-refractivity contribution is 9.10. The van der Waals surface area contributed by atoms with E-state index >= 15 is 0 Å². The molecule has 0 saturated carbocycles. The Hall–Kier alpha value is -0.390. The second kappa shape index (κ2) is 5.09. The summed E-state index contributed by atoms with van der Waals surface area (Å²) in [4.78, 5) is 0.345. The normalized spacial score (nSPS) is 13.8. The highest BCUT2D eigenvalue weighted by atomic mass is 79.9. The van der Waals surface area contributed by atoms with Gasteiger partial charge in [-0.1, -0.05) is 22.0 Å². The van der Waals surface area contributed by atoms with Crippen molar-refractivity contribution in [3.8, 4) is 0 Å². The van der Waals surface area contributed by atoms with Crippen LogP contribution in [0.5, 0.6) is 0 Å². The Bertz CT molecular complexity index is 429. The number of benzene rings is 1. The lowest BCUT2D eigenvalue weighted by Gasteiger charge is -2.06. The van der Waals surface area contributed by atoms with Crippen LogP contribution < -0.4 is 5.73 Å². The quantitative estimate of drug-likeness (QED) is 0.923. The van der Waals surface area contributed by atoms with Crippen LogP contribution in [-0.4, -0.2) is 20.2 Å². The average Bonchev–Trinajstić information content (AvgIpc) is 2.15. The highest BCUT2D eigenvalue weighted by Crippen LogP contribution is 2.17. The van der Waals surface area contributed by atoms with Gasteiger partial charge in [0, 0.05) is 10.5 Å². The van der Waals surface area contributed by atoms with Crippen molar-refractivity contribution in [3.63, 3.8) is 0 Å². The maximum Gasteiger partial charge on any atom is 0.178 e. The fraction of sp³-hybridized carbons (Fsp3) is 0.400. The summed E-state index contributed by atoms with van der Waals surface area (Å²) in [7, 11) is -3.19. The molecule has 0 amide bonds. The summed E-state index contributed by atoms with van der Waals surface area (Å²) in [5.41, 5.74) is 5.53. The van der Waals surface area contributed by atoms with Crippen LogP contribution in [0.25, 0.3) is 0 Å². The van der Waals surface area contributed by atoms with Gasteiger partial charge in [-0.15, -0.1) is 0 Å². The molecule has 1 aromatic rings. The number of rotatable bonds is 4. The summed E-state index contributed by atoms with van der Waals surface area (Å²) in [6.07, 6.45) is 0.481. The Balaban J connectivity index is 2.87. The number of hydrogen-bond donors (Lipinski definition) is 1. The minimum Gasteiger partial charge on any atom is -0.328 e. The zero-order valence-electron chi connectivity index (χ0n) is 8.48. The number of hydrogen-bond acceptors (Lipinski definition) is 3. The van der Waals surface area contributed by atoms with Gasteiger partial charge in [0.25, 0.3) is 0 Å². The fourth-order valence-electron chi connectivity index (χ4n) is 1.12. The lowest BCUT2D eigenvalue weighted by atomic mass is 10.3. The van der Waals surface area contributed by atoms with Crippen molar-refractivity contribution in [3.05, 3.63) is 28.7 Å². The summed E-state index contributed by atoms with van der Waals surface area (Å²) < 4.78 is 24.4. The second-order valence-electron chi connectivity index (χ2n) is 3.54. The standard InChI is InChI=1S/C10H14BrNO2S/c1-8(12)5-6-15(13,14)10-4-2-3-9(11)7-10/h2-4,7-8H,5-6,12H2,1H3. The molecule has 0 aromatic heterocycles. The molecule has 1 atom stereocenters. The summed E-state index contributed by atoms with van der Waals surface area (Å²) in [6.45, 7) is 1.80. The zero-order chi connectivity index (χ0) is 11.5. The van der Waals surface area contributed by atoms with Crippen LogP contribution in [0.4, 0.5) is 0 Å². The van der Waals surface area contributed by atoms with Gasteiger partial charge in [-0.25, -0.2) is 8.42 Å². The largest absolute Gasteiger partial charge is 0.328 e.